The molecule has 1 aromatic carbocycles. The molecule has 0 aliphatic heterocycles. The molecule has 0 spiro atoms. The zero-order valence-electron chi connectivity index (χ0n) is 12.8. The van der Waals surface area contributed by atoms with Crippen LogP contribution in [0.15, 0.2) is 42.7 Å². The van der Waals surface area contributed by atoms with Crippen molar-refractivity contribution in [2.75, 3.05) is 7.11 Å². The summed E-state index contributed by atoms with van der Waals surface area (Å²) in [6.45, 7) is 0.356. The monoisotopic (exact) mass is 314 g/mol. The van der Waals surface area contributed by atoms with Crippen molar-refractivity contribution in [2.45, 2.75) is 19.4 Å². The number of pyridine rings is 1. The summed E-state index contributed by atoms with van der Waals surface area (Å²) in [5, 5.41) is 11.6. The Kier molecular flexibility index (Phi) is 5.68. The van der Waals surface area contributed by atoms with Gasteiger partial charge in [-0.1, -0.05) is 12.1 Å². The molecule has 0 fully saturated rings. The Morgan fingerprint density at radius 2 is 2.09 bits per heavy atom. The number of carbonyl (C=O) groups excluding carboxylic acids is 1. The van der Waals surface area contributed by atoms with Gasteiger partial charge in [-0.25, -0.2) is 0 Å². The summed E-state index contributed by atoms with van der Waals surface area (Å²) in [7, 11) is 1.49. The van der Waals surface area contributed by atoms with Crippen molar-refractivity contribution in [3.63, 3.8) is 0 Å². The molecule has 0 atom stereocenters. The van der Waals surface area contributed by atoms with Crippen LogP contribution in [0, 0.1) is 0 Å². The maximum atomic E-state index is 12.4. The molecule has 120 valence electrons. The van der Waals surface area contributed by atoms with Gasteiger partial charge in [0.05, 0.1) is 12.7 Å². The maximum Gasteiger partial charge on any atom is 0.303 e. The van der Waals surface area contributed by atoms with E-state index >= 15 is 0 Å². The first-order valence-electron chi connectivity index (χ1n) is 7.16. The summed E-state index contributed by atoms with van der Waals surface area (Å²) < 4.78 is 5.21. The fourth-order valence-electron chi connectivity index (χ4n) is 2.12. The van der Waals surface area contributed by atoms with Gasteiger partial charge < -0.3 is 15.2 Å². The highest BCUT2D eigenvalue weighted by molar-refractivity contribution is 5.97. The van der Waals surface area contributed by atoms with Crippen molar-refractivity contribution in [1.82, 2.24) is 10.3 Å². The third kappa shape index (κ3) is 4.81. The van der Waals surface area contributed by atoms with Crippen LogP contribution in [0.1, 0.15) is 27.9 Å². The number of carbonyl (C=O) groups is 2. The minimum atomic E-state index is -0.872. The van der Waals surface area contributed by atoms with Crippen LogP contribution < -0.4 is 10.1 Å². The van der Waals surface area contributed by atoms with Crippen LogP contribution in [0.4, 0.5) is 0 Å². The SMILES string of the molecule is COc1ccc(CCC(=O)O)cc1C(=O)NCc1cccnc1. The van der Waals surface area contributed by atoms with E-state index in [-0.39, 0.29) is 12.3 Å². The number of carboxylic acids is 1. The number of aliphatic carboxylic acids is 1. The fourth-order valence-corrected chi connectivity index (χ4v) is 2.12. The molecule has 0 saturated heterocycles. The van der Waals surface area contributed by atoms with E-state index in [0.29, 0.717) is 24.3 Å². The number of nitrogens with zero attached hydrogens (tertiary/aromatic N) is 1. The number of rotatable bonds is 7. The third-order valence-corrected chi connectivity index (χ3v) is 3.31. The average molecular weight is 314 g/mol. The Hall–Kier alpha value is -2.89. The van der Waals surface area contributed by atoms with Crippen LogP contribution in [-0.4, -0.2) is 29.1 Å². The molecule has 0 radical (unpaired) electrons. The van der Waals surface area contributed by atoms with E-state index in [9.17, 15) is 9.59 Å². The summed E-state index contributed by atoms with van der Waals surface area (Å²) in [6.07, 6.45) is 3.73. The molecule has 2 aromatic rings. The Balaban J connectivity index is 2.10. The lowest BCUT2D eigenvalue weighted by molar-refractivity contribution is -0.136. The van der Waals surface area contributed by atoms with Gasteiger partial charge in [0.1, 0.15) is 5.75 Å². The normalized spacial score (nSPS) is 10.1. The van der Waals surface area contributed by atoms with Crippen LogP contribution in [0.2, 0.25) is 0 Å². The van der Waals surface area contributed by atoms with E-state index in [4.69, 9.17) is 9.84 Å². The first-order valence-corrected chi connectivity index (χ1v) is 7.16. The molecular weight excluding hydrogens is 296 g/mol. The van der Waals surface area contributed by atoms with Crippen LogP contribution in [-0.2, 0) is 17.8 Å². The van der Waals surface area contributed by atoms with Gasteiger partial charge in [-0.05, 0) is 35.7 Å². The predicted octanol–water partition coefficient (Wildman–Crippen LogP) is 2.04. The minimum absolute atomic E-state index is 0.0169. The number of nitrogens with one attached hydrogen (secondary N) is 1. The highest BCUT2D eigenvalue weighted by Crippen LogP contribution is 2.21. The van der Waals surface area contributed by atoms with Gasteiger partial charge in [0, 0.05) is 25.4 Å². The molecule has 6 heteroatoms. The number of hydrogen-bond acceptors (Lipinski definition) is 4. The molecule has 1 heterocycles. The number of amides is 1. The van der Waals surface area contributed by atoms with Gasteiger partial charge in [0.2, 0.25) is 0 Å². The summed E-state index contributed by atoms with van der Waals surface area (Å²) in [5.74, 6) is -0.695. The summed E-state index contributed by atoms with van der Waals surface area (Å²) in [4.78, 5) is 27.0. The second-order valence-electron chi connectivity index (χ2n) is 4.97. The fraction of sp³-hybridized carbons (Fsp3) is 0.235. The highest BCUT2D eigenvalue weighted by atomic mass is 16.5. The molecule has 0 unspecified atom stereocenters. The molecule has 0 saturated carbocycles. The Morgan fingerprint density at radius 3 is 2.74 bits per heavy atom. The van der Waals surface area contributed by atoms with Gasteiger partial charge in [0.15, 0.2) is 0 Å². The van der Waals surface area contributed by atoms with E-state index in [1.165, 1.54) is 7.11 Å². The zero-order valence-corrected chi connectivity index (χ0v) is 12.8. The molecule has 2 rings (SSSR count). The molecule has 1 aromatic heterocycles. The number of aromatic nitrogens is 1. The smallest absolute Gasteiger partial charge is 0.303 e. The lowest BCUT2D eigenvalue weighted by Gasteiger charge is -2.11. The molecule has 23 heavy (non-hydrogen) atoms. The first-order chi connectivity index (χ1) is 11.1. The summed E-state index contributed by atoms with van der Waals surface area (Å²) in [5.41, 5.74) is 2.06. The standard InChI is InChI=1S/C17H18N2O4/c1-23-15-6-4-12(5-7-16(20)21)9-14(15)17(22)19-11-13-3-2-8-18-10-13/h2-4,6,8-10H,5,7,11H2,1H3,(H,19,22)(H,20,21). The summed E-state index contributed by atoms with van der Waals surface area (Å²) in [6, 6.07) is 8.78. The second-order valence-corrected chi connectivity index (χ2v) is 4.97. The van der Waals surface area contributed by atoms with Gasteiger partial charge in [0.25, 0.3) is 5.91 Å². The number of benzene rings is 1. The zero-order chi connectivity index (χ0) is 16.7. The van der Waals surface area contributed by atoms with Crippen molar-refractivity contribution in [2.24, 2.45) is 0 Å². The molecule has 0 aliphatic carbocycles. The van der Waals surface area contributed by atoms with Gasteiger partial charge in [-0.3, -0.25) is 14.6 Å². The lowest BCUT2D eigenvalue weighted by atomic mass is 10.0. The largest absolute Gasteiger partial charge is 0.496 e. The van der Waals surface area contributed by atoms with E-state index in [2.05, 4.69) is 10.3 Å². The molecule has 1 amide bonds. The third-order valence-electron chi connectivity index (χ3n) is 3.31. The number of hydrogen-bond donors (Lipinski definition) is 2. The van der Waals surface area contributed by atoms with Gasteiger partial charge >= 0.3 is 5.97 Å². The van der Waals surface area contributed by atoms with E-state index in [0.717, 1.165) is 11.1 Å². The van der Waals surface area contributed by atoms with Gasteiger partial charge in [-0.15, -0.1) is 0 Å². The van der Waals surface area contributed by atoms with Crippen LogP contribution in [0.5, 0.6) is 5.75 Å². The van der Waals surface area contributed by atoms with E-state index in [1.54, 1.807) is 36.7 Å². The lowest BCUT2D eigenvalue weighted by Crippen LogP contribution is -2.23. The number of ether oxygens (including phenoxy) is 1. The van der Waals surface area contributed by atoms with E-state index in [1.807, 2.05) is 6.07 Å². The summed E-state index contributed by atoms with van der Waals surface area (Å²) >= 11 is 0. The molecule has 2 N–H and O–H groups in total. The Bertz CT molecular complexity index is 686. The van der Waals surface area contributed by atoms with Crippen LogP contribution in [0.25, 0.3) is 0 Å². The van der Waals surface area contributed by atoms with Crippen molar-refractivity contribution in [3.8, 4) is 5.75 Å². The topological polar surface area (TPSA) is 88.5 Å². The van der Waals surface area contributed by atoms with Crippen molar-refractivity contribution < 1.29 is 19.4 Å². The maximum absolute atomic E-state index is 12.4. The average Bonchev–Trinajstić information content (AvgIpc) is 2.58. The second kappa shape index (κ2) is 7.93. The van der Waals surface area contributed by atoms with Crippen LogP contribution >= 0.6 is 0 Å². The molecule has 6 nitrogen and oxygen atoms in total. The highest BCUT2D eigenvalue weighted by Gasteiger charge is 2.13. The molecule has 0 bridgehead atoms. The number of carboxylic acid groups (broad SMARTS) is 1. The molecule has 0 aliphatic rings. The Labute approximate surface area is 134 Å². The van der Waals surface area contributed by atoms with Crippen LogP contribution in [0.3, 0.4) is 0 Å². The first kappa shape index (κ1) is 16.5. The number of aryl methyl sites for hydroxylation is 1. The predicted molar refractivity (Wildman–Crippen MR) is 84.4 cm³/mol. The van der Waals surface area contributed by atoms with Crippen molar-refractivity contribution in [3.05, 3.63) is 59.4 Å². The van der Waals surface area contributed by atoms with E-state index < -0.39 is 5.97 Å². The quantitative estimate of drug-likeness (QED) is 0.816. The minimum Gasteiger partial charge on any atom is -0.496 e. The number of methoxy groups -OCH3 is 1. The molecular formula is C17H18N2O4. The Morgan fingerprint density at radius 1 is 1.26 bits per heavy atom. The van der Waals surface area contributed by atoms with Crippen molar-refractivity contribution in [1.29, 1.82) is 0 Å². The van der Waals surface area contributed by atoms with Crippen molar-refractivity contribution >= 4 is 11.9 Å². The van der Waals surface area contributed by atoms with Gasteiger partial charge in [-0.2, -0.15) is 0 Å².